The molecule has 38 heavy (non-hydrogen) atoms. The molecule has 5 rings (SSSR count). The first-order valence-corrected chi connectivity index (χ1v) is 11.4. The second-order valence-electron chi connectivity index (χ2n) is 9.34. The van der Waals surface area contributed by atoms with E-state index in [0.29, 0.717) is 5.56 Å². The molecule has 13 heteroatoms. The summed E-state index contributed by atoms with van der Waals surface area (Å²) >= 11 is 0. The molecule has 3 atom stereocenters. The van der Waals surface area contributed by atoms with Crippen molar-refractivity contribution in [2.24, 2.45) is 27.8 Å². The van der Waals surface area contributed by atoms with Crippen LogP contribution >= 0.6 is 0 Å². The van der Waals surface area contributed by atoms with Crippen molar-refractivity contribution in [3.8, 4) is 5.75 Å². The number of aromatic hydroxyl groups is 1. The Labute approximate surface area is 213 Å². The number of nitro benzene ring substituents is 1. The zero-order valence-corrected chi connectivity index (χ0v) is 19.5. The van der Waals surface area contributed by atoms with E-state index in [2.05, 4.69) is 10.2 Å². The molecule has 3 aliphatic rings. The van der Waals surface area contributed by atoms with Gasteiger partial charge in [-0.3, -0.25) is 24.5 Å². The molecule has 1 saturated carbocycles. The molecule has 0 aromatic heterocycles. The Balaban J connectivity index is 1.61. The summed E-state index contributed by atoms with van der Waals surface area (Å²) in [5.41, 5.74) is 1.79. The molecule has 13 nitrogen and oxygen atoms in total. The first-order valence-electron chi connectivity index (χ1n) is 11.4. The standard InChI is InChI=1S/C25H20N4O9/c26-24(35)20-17(31)8-11-6-10-7-14-15(28-27-12-2-1-3-13(9-12)29(37)38)4-5-16(30)19(14)21(32)18(10)22(33)25(11,36)23(20)34/h1-5,9-11,30,32,34,36H,6-8H2,(H2,26,35)/t10-,11+,25+/m1/s1. The zero-order valence-electron chi connectivity index (χ0n) is 19.5. The molecule has 0 unspecified atom stereocenters. The van der Waals surface area contributed by atoms with E-state index in [1.807, 2.05) is 0 Å². The molecule has 6 N–H and O–H groups in total. The van der Waals surface area contributed by atoms with Crippen LogP contribution in [0.4, 0.5) is 17.1 Å². The van der Waals surface area contributed by atoms with Crippen LogP contribution in [0.25, 0.3) is 5.76 Å². The van der Waals surface area contributed by atoms with Crippen LogP contribution in [-0.2, 0) is 20.8 Å². The van der Waals surface area contributed by atoms with Crippen LogP contribution < -0.4 is 5.73 Å². The lowest BCUT2D eigenvalue weighted by Crippen LogP contribution is -2.58. The van der Waals surface area contributed by atoms with Crippen molar-refractivity contribution in [2.45, 2.75) is 24.9 Å². The number of amides is 1. The highest BCUT2D eigenvalue weighted by Gasteiger charge is 2.60. The number of hydrogen-bond acceptors (Lipinski definition) is 11. The number of rotatable bonds is 4. The molecule has 2 aromatic carbocycles. The van der Waals surface area contributed by atoms with E-state index >= 15 is 0 Å². The number of carbonyl (C=O) groups excluding carboxylic acids is 3. The Kier molecular flexibility index (Phi) is 5.60. The lowest BCUT2D eigenvalue weighted by molar-refractivity contribution is -0.384. The number of aliphatic hydroxyl groups excluding tert-OH is 2. The molecule has 0 heterocycles. The van der Waals surface area contributed by atoms with Crippen LogP contribution in [0.15, 0.2) is 63.5 Å². The predicted molar refractivity (Wildman–Crippen MR) is 129 cm³/mol. The maximum Gasteiger partial charge on any atom is 0.271 e. The van der Waals surface area contributed by atoms with Crippen LogP contribution in [-0.4, -0.2) is 48.4 Å². The molecule has 2 aromatic rings. The van der Waals surface area contributed by atoms with Gasteiger partial charge in [0.1, 0.15) is 22.8 Å². The number of azo groups is 1. The number of benzene rings is 2. The Morgan fingerprint density at radius 3 is 2.53 bits per heavy atom. The fraction of sp³-hybridized carbons (Fsp3) is 0.240. The second kappa shape index (κ2) is 8.59. The van der Waals surface area contributed by atoms with Crippen LogP contribution in [0.5, 0.6) is 5.75 Å². The van der Waals surface area contributed by atoms with Gasteiger partial charge in [0.05, 0.1) is 21.9 Å². The van der Waals surface area contributed by atoms with Crippen LogP contribution in [0.3, 0.4) is 0 Å². The highest BCUT2D eigenvalue weighted by atomic mass is 16.6. The third-order valence-corrected chi connectivity index (χ3v) is 7.24. The maximum absolute atomic E-state index is 13.5. The number of ketones is 2. The number of hydrogen-bond donors (Lipinski definition) is 5. The lowest BCUT2D eigenvalue weighted by atomic mass is 9.59. The normalized spacial score (nSPS) is 24.8. The molecular weight excluding hydrogens is 500 g/mol. The van der Waals surface area contributed by atoms with Crippen molar-refractivity contribution < 1.29 is 39.7 Å². The van der Waals surface area contributed by atoms with Crippen molar-refractivity contribution in [1.82, 2.24) is 0 Å². The van der Waals surface area contributed by atoms with Crippen LogP contribution in [0, 0.1) is 22.0 Å². The number of phenols is 1. The minimum atomic E-state index is -2.65. The Hall–Kier alpha value is -4.91. The van der Waals surface area contributed by atoms with Gasteiger partial charge in [-0.1, -0.05) is 6.07 Å². The van der Waals surface area contributed by atoms with Crippen molar-refractivity contribution >= 4 is 40.3 Å². The number of nitro groups is 1. The Morgan fingerprint density at radius 1 is 1.11 bits per heavy atom. The van der Waals surface area contributed by atoms with Crippen molar-refractivity contribution in [3.05, 3.63) is 74.5 Å². The van der Waals surface area contributed by atoms with Gasteiger partial charge in [0.25, 0.3) is 11.6 Å². The molecular formula is C25H20N4O9. The van der Waals surface area contributed by atoms with Crippen LogP contribution in [0.1, 0.15) is 24.0 Å². The Bertz CT molecular complexity index is 1560. The SMILES string of the molecule is NC(=O)C1=C(O)[C@@]2(O)C(=O)C3=C(O)c4c(O)ccc(N=Nc5cccc([N+](=O)[O-])c5)c4C[C@H]3C[C@H]2CC1=O. The molecule has 0 radical (unpaired) electrons. The van der Waals surface area contributed by atoms with Gasteiger partial charge in [0.2, 0.25) is 5.78 Å². The highest BCUT2D eigenvalue weighted by molar-refractivity contribution is 6.22. The van der Waals surface area contributed by atoms with Crippen molar-refractivity contribution in [2.75, 3.05) is 0 Å². The van der Waals surface area contributed by atoms with Gasteiger partial charge < -0.3 is 26.2 Å². The van der Waals surface area contributed by atoms with Crippen molar-refractivity contribution in [3.63, 3.8) is 0 Å². The molecule has 0 aliphatic heterocycles. The number of nitrogens with zero attached hydrogens (tertiary/aromatic N) is 3. The Morgan fingerprint density at radius 2 is 1.84 bits per heavy atom. The highest BCUT2D eigenvalue weighted by Crippen LogP contribution is 2.53. The quantitative estimate of drug-likeness (QED) is 0.172. The van der Waals surface area contributed by atoms with Gasteiger partial charge in [-0.15, -0.1) is 0 Å². The molecule has 3 aliphatic carbocycles. The first-order chi connectivity index (χ1) is 17.9. The number of primary amides is 1. The number of aliphatic hydroxyl groups is 3. The van der Waals surface area contributed by atoms with Crippen LogP contribution in [0.2, 0.25) is 0 Å². The number of Topliss-reactive ketones (excluding diaryl/α,β-unsaturated/α-hetero) is 2. The largest absolute Gasteiger partial charge is 0.508 e. The van der Waals surface area contributed by atoms with E-state index in [9.17, 15) is 44.9 Å². The zero-order chi connectivity index (χ0) is 27.5. The average molecular weight is 520 g/mol. The van der Waals surface area contributed by atoms with Crippen molar-refractivity contribution in [1.29, 1.82) is 0 Å². The van der Waals surface area contributed by atoms with Gasteiger partial charge >= 0.3 is 0 Å². The fourth-order valence-corrected chi connectivity index (χ4v) is 5.48. The number of nitrogens with two attached hydrogens (primary N) is 1. The lowest BCUT2D eigenvalue weighted by Gasteiger charge is -2.46. The van der Waals surface area contributed by atoms with E-state index in [0.717, 1.165) is 0 Å². The molecule has 0 saturated heterocycles. The number of carbonyl (C=O) groups is 3. The van der Waals surface area contributed by atoms with Gasteiger partial charge in [0, 0.05) is 30.0 Å². The maximum atomic E-state index is 13.5. The number of fused-ring (bicyclic) bond motifs is 3. The van der Waals surface area contributed by atoms with E-state index in [-0.39, 0.29) is 41.0 Å². The smallest absolute Gasteiger partial charge is 0.271 e. The second-order valence-corrected chi connectivity index (χ2v) is 9.34. The monoisotopic (exact) mass is 520 g/mol. The summed E-state index contributed by atoms with van der Waals surface area (Å²) in [4.78, 5) is 48.1. The van der Waals surface area contributed by atoms with E-state index < -0.39 is 69.1 Å². The molecule has 0 bridgehead atoms. The third kappa shape index (κ3) is 3.55. The predicted octanol–water partition coefficient (Wildman–Crippen LogP) is 2.75. The summed E-state index contributed by atoms with van der Waals surface area (Å²) in [6, 6.07) is 8.08. The summed E-state index contributed by atoms with van der Waals surface area (Å²) in [6.45, 7) is 0. The summed E-state index contributed by atoms with van der Waals surface area (Å²) in [7, 11) is 0. The fourth-order valence-electron chi connectivity index (χ4n) is 5.48. The van der Waals surface area contributed by atoms with E-state index in [1.54, 1.807) is 0 Å². The molecule has 1 amide bonds. The topological polar surface area (TPSA) is 226 Å². The first kappa shape index (κ1) is 24.8. The molecule has 194 valence electrons. The number of phenolic OH excluding ortho intramolecular Hbond substituents is 1. The third-order valence-electron chi connectivity index (χ3n) is 7.24. The van der Waals surface area contributed by atoms with Gasteiger partial charge in [-0.2, -0.15) is 10.2 Å². The minimum Gasteiger partial charge on any atom is -0.508 e. The van der Waals surface area contributed by atoms with Gasteiger partial charge in [-0.25, -0.2) is 0 Å². The molecule has 1 fully saturated rings. The summed E-state index contributed by atoms with van der Waals surface area (Å²) in [5.74, 6) is -7.23. The number of non-ortho nitro benzene ring substituents is 1. The summed E-state index contributed by atoms with van der Waals surface area (Å²) < 4.78 is 0. The van der Waals surface area contributed by atoms with Gasteiger partial charge in [-0.05, 0) is 42.5 Å². The molecule has 0 spiro atoms. The summed E-state index contributed by atoms with van der Waals surface area (Å²) in [5, 5.41) is 62.7. The average Bonchev–Trinajstić information content (AvgIpc) is 2.85. The summed E-state index contributed by atoms with van der Waals surface area (Å²) in [6.07, 6.45) is -0.409. The minimum absolute atomic E-state index is 0.0277. The van der Waals surface area contributed by atoms with E-state index in [4.69, 9.17) is 5.73 Å². The van der Waals surface area contributed by atoms with E-state index in [1.165, 1.54) is 36.4 Å². The van der Waals surface area contributed by atoms with Gasteiger partial charge in [0.15, 0.2) is 11.4 Å².